The number of aliphatic hydroxyl groups is 1. The van der Waals surface area contributed by atoms with Gasteiger partial charge in [0.05, 0.1) is 34.3 Å². The number of hydrogen-bond acceptors (Lipinski definition) is 3. The van der Waals surface area contributed by atoms with Crippen LogP contribution in [0.5, 0.6) is 0 Å². The number of allylic oxidation sites excluding steroid dienone is 1. The number of amides is 2. The van der Waals surface area contributed by atoms with Crippen molar-refractivity contribution in [3.63, 3.8) is 0 Å². The molecule has 0 bridgehead atoms. The van der Waals surface area contributed by atoms with Crippen LogP contribution in [0.4, 0.5) is 0 Å². The number of aromatic amines is 1. The third-order valence-corrected chi connectivity index (χ3v) is 6.65. The van der Waals surface area contributed by atoms with Gasteiger partial charge in [-0.1, -0.05) is 48.6 Å². The first-order valence-corrected chi connectivity index (χ1v) is 10.3. The molecule has 0 radical (unpaired) electrons. The van der Waals surface area contributed by atoms with Crippen molar-refractivity contribution in [2.45, 2.75) is 18.6 Å². The standard InChI is InChI=1S/C25H17N3O3/c29-13-10-9-12(11-13)28-17-8-4-2-6-15(17)19-21-20(24(30)27-25(21)31)18-14-5-1-3-7-16(14)26-22(18)23(19)28/h1-10,12-13,26,29H,11H2,(H,27,30,31)/t12?,13-/m0/s1. The van der Waals surface area contributed by atoms with E-state index in [4.69, 9.17) is 0 Å². The fourth-order valence-electron chi connectivity index (χ4n) is 5.47. The zero-order valence-electron chi connectivity index (χ0n) is 16.3. The molecule has 2 aliphatic rings. The molecule has 2 atom stereocenters. The lowest BCUT2D eigenvalue weighted by Gasteiger charge is -2.16. The van der Waals surface area contributed by atoms with Crippen molar-refractivity contribution in [2.75, 3.05) is 0 Å². The number of H-pyrrole nitrogens is 1. The monoisotopic (exact) mass is 407 g/mol. The first-order valence-electron chi connectivity index (χ1n) is 10.3. The highest BCUT2D eigenvalue weighted by atomic mass is 16.3. The molecule has 6 heteroatoms. The zero-order chi connectivity index (χ0) is 20.9. The molecule has 3 aromatic carbocycles. The minimum atomic E-state index is -0.501. The van der Waals surface area contributed by atoms with Crippen LogP contribution in [-0.2, 0) is 0 Å². The summed E-state index contributed by atoms with van der Waals surface area (Å²) in [4.78, 5) is 29.5. The molecule has 7 rings (SSSR count). The van der Waals surface area contributed by atoms with E-state index in [0.717, 1.165) is 43.6 Å². The van der Waals surface area contributed by atoms with Crippen molar-refractivity contribution in [3.8, 4) is 0 Å². The molecule has 31 heavy (non-hydrogen) atoms. The Labute approximate surface area is 175 Å². The predicted molar refractivity (Wildman–Crippen MR) is 119 cm³/mol. The van der Waals surface area contributed by atoms with Gasteiger partial charge in [0.25, 0.3) is 11.8 Å². The van der Waals surface area contributed by atoms with Gasteiger partial charge in [0.2, 0.25) is 0 Å². The van der Waals surface area contributed by atoms with Gasteiger partial charge in [-0.05, 0) is 12.1 Å². The van der Waals surface area contributed by atoms with Gasteiger partial charge in [0, 0.05) is 39.0 Å². The summed E-state index contributed by atoms with van der Waals surface area (Å²) in [5.74, 6) is -0.716. The van der Waals surface area contributed by atoms with E-state index in [9.17, 15) is 14.7 Å². The van der Waals surface area contributed by atoms with E-state index in [-0.39, 0.29) is 17.9 Å². The van der Waals surface area contributed by atoms with Gasteiger partial charge in [0.1, 0.15) is 0 Å². The third kappa shape index (κ3) is 2.00. The summed E-state index contributed by atoms with van der Waals surface area (Å²) in [5.41, 5.74) is 4.50. The van der Waals surface area contributed by atoms with Crippen LogP contribution in [0.2, 0.25) is 0 Å². The van der Waals surface area contributed by atoms with E-state index in [1.807, 2.05) is 60.7 Å². The highest BCUT2D eigenvalue weighted by Gasteiger charge is 2.36. The van der Waals surface area contributed by atoms with Crippen LogP contribution >= 0.6 is 0 Å². The van der Waals surface area contributed by atoms with Gasteiger partial charge in [-0.25, -0.2) is 0 Å². The van der Waals surface area contributed by atoms with Gasteiger partial charge in [-0.15, -0.1) is 0 Å². The summed E-state index contributed by atoms with van der Waals surface area (Å²) < 4.78 is 2.20. The lowest BCUT2D eigenvalue weighted by Crippen LogP contribution is -2.20. The van der Waals surface area contributed by atoms with Crippen molar-refractivity contribution < 1.29 is 14.7 Å². The van der Waals surface area contributed by atoms with Crippen molar-refractivity contribution in [1.82, 2.24) is 14.9 Å². The molecular formula is C25H17N3O3. The Hall–Kier alpha value is -3.90. The van der Waals surface area contributed by atoms with E-state index in [1.165, 1.54) is 0 Å². The van der Waals surface area contributed by atoms with Gasteiger partial charge < -0.3 is 14.7 Å². The molecule has 0 spiro atoms. The van der Waals surface area contributed by atoms with Gasteiger partial charge in [-0.3, -0.25) is 14.9 Å². The van der Waals surface area contributed by atoms with E-state index in [0.29, 0.717) is 17.5 Å². The lowest BCUT2D eigenvalue weighted by atomic mass is 9.96. The second kappa shape index (κ2) is 5.62. The molecule has 1 aliphatic heterocycles. The number of imide groups is 1. The number of fused-ring (bicyclic) bond motifs is 10. The normalized spacial score (nSPS) is 20.5. The Balaban J connectivity index is 1.81. The van der Waals surface area contributed by atoms with E-state index >= 15 is 0 Å². The number of aliphatic hydroxyl groups excluding tert-OH is 1. The number of carbonyl (C=O) groups excluding carboxylic acids is 2. The SMILES string of the molecule is O=C1NC(=O)c2c1c1c3ccccc3[nH]c1c1c2c2ccccc2n1C1C=C[C@H](O)C1. The Bertz CT molecular complexity index is 1650. The van der Waals surface area contributed by atoms with Crippen molar-refractivity contribution in [1.29, 1.82) is 0 Å². The maximum atomic E-state index is 13.0. The second-order valence-corrected chi connectivity index (χ2v) is 8.32. The molecule has 0 saturated heterocycles. The average Bonchev–Trinajstić information content (AvgIpc) is 3.50. The molecule has 150 valence electrons. The van der Waals surface area contributed by atoms with Crippen molar-refractivity contribution in [3.05, 3.63) is 71.8 Å². The minimum Gasteiger partial charge on any atom is -0.389 e. The summed E-state index contributed by atoms with van der Waals surface area (Å²) >= 11 is 0. The highest BCUT2D eigenvalue weighted by Crippen LogP contribution is 2.45. The largest absolute Gasteiger partial charge is 0.389 e. The Morgan fingerprint density at radius 1 is 0.871 bits per heavy atom. The number of nitrogens with one attached hydrogen (secondary N) is 2. The fourth-order valence-corrected chi connectivity index (χ4v) is 5.47. The number of hydrogen-bond donors (Lipinski definition) is 3. The van der Waals surface area contributed by atoms with Gasteiger partial charge in [-0.2, -0.15) is 0 Å². The topological polar surface area (TPSA) is 87.1 Å². The van der Waals surface area contributed by atoms with Crippen LogP contribution in [-0.4, -0.2) is 32.6 Å². The van der Waals surface area contributed by atoms with Crippen molar-refractivity contribution >= 4 is 55.4 Å². The average molecular weight is 407 g/mol. The highest BCUT2D eigenvalue weighted by molar-refractivity contribution is 6.39. The minimum absolute atomic E-state index is 0.0507. The molecule has 3 N–H and O–H groups in total. The third-order valence-electron chi connectivity index (χ3n) is 6.65. The van der Waals surface area contributed by atoms with Crippen LogP contribution < -0.4 is 5.32 Å². The molecular weight excluding hydrogens is 390 g/mol. The quantitative estimate of drug-likeness (QED) is 0.288. The number of para-hydroxylation sites is 2. The number of rotatable bonds is 1. The van der Waals surface area contributed by atoms with E-state index in [2.05, 4.69) is 14.9 Å². The van der Waals surface area contributed by atoms with Crippen LogP contribution in [0.15, 0.2) is 60.7 Å². The molecule has 6 nitrogen and oxygen atoms in total. The van der Waals surface area contributed by atoms with Gasteiger partial charge in [0.15, 0.2) is 0 Å². The summed E-state index contributed by atoms with van der Waals surface area (Å²) in [7, 11) is 0. The van der Waals surface area contributed by atoms with E-state index < -0.39 is 6.10 Å². The summed E-state index contributed by atoms with van der Waals surface area (Å²) in [6.07, 6.45) is 3.90. The Morgan fingerprint density at radius 3 is 2.35 bits per heavy atom. The number of benzene rings is 3. The predicted octanol–water partition coefficient (Wildman–Crippen LogP) is 4.17. The Kier molecular flexibility index (Phi) is 3.05. The summed E-state index contributed by atoms with van der Waals surface area (Å²) in [6, 6.07) is 15.7. The van der Waals surface area contributed by atoms with Gasteiger partial charge >= 0.3 is 0 Å². The molecule has 0 fully saturated rings. The molecule has 5 aromatic rings. The molecule has 2 aromatic heterocycles. The maximum Gasteiger partial charge on any atom is 0.259 e. The summed E-state index contributed by atoms with van der Waals surface area (Å²) in [5, 5.41) is 16.1. The van der Waals surface area contributed by atoms with Crippen LogP contribution in [0.1, 0.15) is 33.2 Å². The number of carbonyl (C=O) groups is 2. The first kappa shape index (κ1) is 16.8. The summed E-state index contributed by atoms with van der Waals surface area (Å²) in [6.45, 7) is 0. The maximum absolute atomic E-state index is 13.0. The fraction of sp³-hybridized carbons (Fsp3) is 0.120. The lowest BCUT2D eigenvalue weighted by molar-refractivity contribution is 0.0880. The van der Waals surface area contributed by atoms with Crippen LogP contribution in [0.25, 0.3) is 43.6 Å². The molecule has 3 heterocycles. The second-order valence-electron chi connectivity index (χ2n) is 8.32. The smallest absolute Gasteiger partial charge is 0.259 e. The Morgan fingerprint density at radius 2 is 1.58 bits per heavy atom. The number of aromatic nitrogens is 2. The van der Waals surface area contributed by atoms with Crippen LogP contribution in [0.3, 0.4) is 0 Å². The molecule has 1 aliphatic carbocycles. The van der Waals surface area contributed by atoms with Crippen molar-refractivity contribution in [2.24, 2.45) is 0 Å². The zero-order valence-corrected chi connectivity index (χ0v) is 16.3. The first-order chi connectivity index (χ1) is 15.1. The number of nitrogens with zero attached hydrogens (tertiary/aromatic N) is 1. The molecule has 2 amide bonds. The molecule has 1 unspecified atom stereocenters. The molecule has 0 saturated carbocycles. The van der Waals surface area contributed by atoms with E-state index in [1.54, 1.807) is 0 Å². The van der Waals surface area contributed by atoms with Crippen LogP contribution in [0, 0.1) is 0 Å².